The van der Waals surface area contributed by atoms with E-state index in [2.05, 4.69) is 45.7 Å². The maximum Gasteiger partial charge on any atom is 0.281 e. The second-order valence-electron chi connectivity index (χ2n) is 9.63. The van der Waals surface area contributed by atoms with Crippen LogP contribution >= 0.6 is 0 Å². The molecule has 0 radical (unpaired) electrons. The van der Waals surface area contributed by atoms with Gasteiger partial charge in [0, 0.05) is 45.0 Å². The summed E-state index contributed by atoms with van der Waals surface area (Å²) in [6.07, 6.45) is 2.54. The van der Waals surface area contributed by atoms with Crippen LogP contribution in [0, 0.1) is 5.92 Å². The molecule has 3 aromatic rings. The molecule has 11 heteroatoms. The van der Waals surface area contributed by atoms with Crippen molar-refractivity contribution < 1.29 is 25.5 Å². The minimum Gasteiger partial charge on any atom is -0.497 e. The molecule has 0 aliphatic carbocycles. The van der Waals surface area contributed by atoms with Gasteiger partial charge in [-0.3, -0.25) is 4.79 Å². The number of methoxy groups -OCH3 is 2. The summed E-state index contributed by atoms with van der Waals surface area (Å²) in [5, 5.41) is 2.74. The zero-order chi connectivity index (χ0) is 26.8. The van der Waals surface area contributed by atoms with Gasteiger partial charge in [0.15, 0.2) is 5.03 Å². The van der Waals surface area contributed by atoms with Gasteiger partial charge in [0.2, 0.25) is 0 Å². The number of carbonyl (C=O) groups excluding carboxylic acids is 1. The van der Waals surface area contributed by atoms with Crippen molar-refractivity contribution in [1.29, 1.82) is 0 Å². The topological polar surface area (TPSA) is 123 Å². The molecule has 2 aromatic heterocycles. The lowest BCUT2D eigenvalue weighted by Gasteiger charge is -2.33. The largest absolute Gasteiger partial charge is 0.497 e. The molecule has 1 amide bonds. The van der Waals surface area contributed by atoms with Crippen LogP contribution in [-0.4, -0.2) is 50.6 Å². The molecule has 4 rings (SSSR count). The number of aromatic nitrogens is 2. The summed E-state index contributed by atoms with van der Waals surface area (Å²) in [6, 6.07) is 12.8. The summed E-state index contributed by atoms with van der Waals surface area (Å²) < 4.78 is 39.0. The van der Waals surface area contributed by atoms with Gasteiger partial charge in [-0.25, -0.2) is 14.7 Å². The smallest absolute Gasteiger partial charge is 0.281 e. The molecule has 0 saturated carbocycles. The lowest BCUT2D eigenvalue weighted by atomic mass is 9.97. The molecule has 2 N–H and O–H groups in total. The van der Waals surface area contributed by atoms with E-state index < -0.39 is 15.9 Å². The van der Waals surface area contributed by atoms with Gasteiger partial charge in [-0.1, -0.05) is 13.0 Å². The highest BCUT2D eigenvalue weighted by Gasteiger charge is 2.39. The van der Waals surface area contributed by atoms with Crippen LogP contribution in [0.1, 0.15) is 40.4 Å². The minimum atomic E-state index is -4.27. The van der Waals surface area contributed by atoms with Crippen LogP contribution in [0.5, 0.6) is 11.5 Å². The molecule has 10 nitrogen and oxygen atoms in total. The Labute approximate surface area is 220 Å². The van der Waals surface area contributed by atoms with Gasteiger partial charge in [0.1, 0.15) is 23.1 Å². The molecule has 3 heterocycles. The first-order valence-electron chi connectivity index (χ1n) is 11.8. The average Bonchev–Trinajstić information content (AvgIpc) is 3.15. The predicted octanol–water partition coefficient (Wildman–Crippen LogP) is 4.47. The molecule has 1 unspecified atom stereocenters. The maximum atomic E-state index is 13.2. The van der Waals surface area contributed by atoms with Crippen LogP contribution in [0.25, 0.3) is 0 Å². The molecular weight excluding hydrogens is 494 g/mol. The van der Waals surface area contributed by atoms with Crippen LogP contribution in [0.2, 0.25) is 0 Å². The van der Waals surface area contributed by atoms with Crippen LogP contribution in [0.15, 0.2) is 59.8 Å². The monoisotopic (exact) mass is 529 g/mol. The van der Waals surface area contributed by atoms with Gasteiger partial charge in [-0.15, -0.1) is 0 Å². The van der Waals surface area contributed by atoms with E-state index in [9.17, 15) is 13.2 Å². The van der Waals surface area contributed by atoms with Crippen LogP contribution in [0.4, 0.5) is 17.3 Å². The Hall–Kier alpha value is -3.86. The van der Waals surface area contributed by atoms with Crippen molar-refractivity contribution in [2.24, 2.45) is 5.92 Å². The molecule has 1 aromatic carbocycles. The van der Waals surface area contributed by atoms with E-state index in [1.165, 1.54) is 26.4 Å². The normalized spacial score (nSPS) is 16.8. The molecule has 1 aliphatic heterocycles. The van der Waals surface area contributed by atoms with Gasteiger partial charge in [0.05, 0.1) is 19.8 Å². The fourth-order valence-corrected chi connectivity index (χ4v) is 5.57. The molecule has 37 heavy (non-hydrogen) atoms. The zero-order valence-electron chi connectivity index (χ0n) is 21.5. The lowest BCUT2D eigenvalue weighted by Crippen LogP contribution is -2.41. The van der Waals surface area contributed by atoms with Gasteiger partial charge >= 0.3 is 0 Å². The number of ether oxygens (including phenoxy) is 2. The van der Waals surface area contributed by atoms with Crippen molar-refractivity contribution in [3.8, 4) is 11.5 Å². The number of nitrogens with zero attached hydrogens (tertiary/aromatic N) is 3. The van der Waals surface area contributed by atoms with E-state index in [1.54, 1.807) is 42.6 Å². The summed E-state index contributed by atoms with van der Waals surface area (Å²) in [5.41, 5.74) is 0.558. The quantitative estimate of drug-likeness (QED) is 0.435. The summed E-state index contributed by atoms with van der Waals surface area (Å²) in [4.78, 5) is 23.9. The van der Waals surface area contributed by atoms with E-state index in [4.69, 9.17) is 9.47 Å². The molecule has 0 bridgehead atoms. The summed E-state index contributed by atoms with van der Waals surface area (Å²) in [5.74, 6) is 1.48. The van der Waals surface area contributed by atoms with E-state index >= 15 is 0 Å². The number of pyridine rings is 2. The number of hydrogen-bond acceptors (Lipinski definition) is 9. The standard InChI is InChI=1S/C26H31N5O5S.2H2/c1-17-15-26(2,3)31(16-17)24-21(8-7-11-27-24)25(32)30-37(33,34)23-10-6-9-22(29-23)28-18-12-19(35-4)14-20(13-18)36-5;;/h6-14,17H,15-16H2,1-5H3,(H,28,29)(H,30,32);2*1H. The third-order valence-corrected chi connectivity index (χ3v) is 7.44. The molecule has 1 saturated heterocycles. The number of carbonyl (C=O) groups is 1. The Morgan fingerprint density at radius 2 is 1.81 bits per heavy atom. The highest BCUT2D eigenvalue weighted by molar-refractivity contribution is 7.90. The van der Waals surface area contributed by atoms with Crippen LogP contribution < -0.4 is 24.4 Å². The molecular formula is C26H35N5O5S. The van der Waals surface area contributed by atoms with Crippen LogP contribution in [0.3, 0.4) is 0 Å². The first-order chi connectivity index (χ1) is 17.5. The Kier molecular flexibility index (Phi) is 7.26. The Balaban J connectivity index is 0.00000267. The van der Waals surface area contributed by atoms with Crippen LogP contribution in [-0.2, 0) is 10.0 Å². The number of hydrogen-bond donors (Lipinski definition) is 2. The highest BCUT2D eigenvalue weighted by atomic mass is 32.2. The minimum absolute atomic E-state index is 0. The third-order valence-electron chi connectivity index (χ3n) is 6.21. The van der Waals surface area contributed by atoms with Gasteiger partial charge in [0.25, 0.3) is 15.9 Å². The fraction of sp³-hybridized carbons (Fsp3) is 0.346. The molecule has 200 valence electrons. The predicted molar refractivity (Wildman–Crippen MR) is 145 cm³/mol. The Morgan fingerprint density at radius 1 is 1.11 bits per heavy atom. The Bertz CT molecular complexity index is 1400. The van der Waals surface area contributed by atoms with Crippen molar-refractivity contribution in [2.75, 3.05) is 31.0 Å². The molecule has 0 spiro atoms. The van der Waals surface area contributed by atoms with Gasteiger partial charge in [-0.2, -0.15) is 8.42 Å². The number of amides is 1. The van der Waals surface area contributed by atoms with Crippen molar-refractivity contribution >= 4 is 33.3 Å². The second-order valence-corrected chi connectivity index (χ2v) is 11.3. The first-order valence-corrected chi connectivity index (χ1v) is 13.3. The lowest BCUT2D eigenvalue weighted by molar-refractivity contribution is 0.0981. The van der Waals surface area contributed by atoms with E-state index in [0.717, 1.165) is 13.0 Å². The zero-order valence-corrected chi connectivity index (χ0v) is 22.3. The molecule has 1 fully saturated rings. The first kappa shape index (κ1) is 26.2. The number of sulfonamides is 1. The summed E-state index contributed by atoms with van der Waals surface area (Å²) in [6.45, 7) is 7.04. The highest BCUT2D eigenvalue weighted by Crippen LogP contribution is 2.37. The van der Waals surface area contributed by atoms with Crippen molar-refractivity contribution in [3.05, 3.63) is 60.3 Å². The molecule has 1 atom stereocenters. The van der Waals surface area contributed by atoms with E-state index in [1.807, 2.05) is 0 Å². The van der Waals surface area contributed by atoms with Gasteiger partial charge in [-0.05, 0) is 50.5 Å². The number of nitrogens with one attached hydrogen (secondary N) is 2. The molecule has 1 aliphatic rings. The van der Waals surface area contributed by atoms with Gasteiger partial charge < -0.3 is 19.7 Å². The summed E-state index contributed by atoms with van der Waals surface area (Å²) in [7, 11) is -1.21. The fourth-order valence-electron chi connectivity index (χ4n) is 4.64. The number of anilines is 3. The number of benzene rings is 1. The third kappa shape index (κ3) is 5.77. The number of rotatable bonds is 8. The van der Waals surface area contributed by atoms with Crippen molar-refractivity contribution in [1.82, 2.24) is 14.7 Å². The average molecular weight is 530 g/mol. The van der Waals surface area contributed by atoms with E-state index in [0.29, 0.717) is 28.9 Å². The van der Waals surface area contributed by atoms with E-state index in [-0.39, 0.29) is 24.8 Å². The second kappa shape index (κ2) is 10.3. The van der Waals surface area contributed by atoms with Crippen molar-refractivity contribution in [3.63, 3.8) is 0 Å². The SMILES string of the molecule is COc1cc(Nc2cccc(S(=O)(=O)NC(=O)c3cccnc3N3CC(C)CC3(C)C)n2)cc(OC)c1.[HH].[HH]. The van der Waals surface area contributed by atoms with Crippen molar-refractivity contribution in [2.45, 2.75) is 37.8 Å². The maximum absolute atomic E-state index is 13.2. The Morgan fingerprint density at radius 3 is 2.43 bits per heavy atom. The summed E-state index contributed by atoms with van der Waals surface area (Å²) >= 11 is 0.